The summed E-state index contributed by atoms with van der Waals surface area (Å²) in [6, 6.07) is 0. The van der Waals surface area contributed by atoms with E-state index in [1.807, 2.05) is 53.7 Å². The minimum atomic E-state index is -3.12. The number of rotatable bonds is 10. The molecule has 0 saturated carbocycles. The van der Waals surface area contributed by atoms with Crippen molar-refractivity contribution in [1.29, 1.82) is 0 Å². The van der Waals surface area contributed by atoms with E-state index in [-0.39, 0.29) is 0 Å². The number of carbonyl (C=O) groups excluding carboxylic acids is 1. The molecule has 136 valence electrons. The van der Waals surface area contributed by atoms with E-state index in [1.54, 1.807) is 6.92 Å². The van der Waals surface area contributed by atoms with Crippen LogP contribution in [0.2, 0.25) is 0 Å². The highest BCUT2D eigenvalue weighted by Crippen LogP contribution is 2.31. The molecular weight excluding hydrogens is 312 g/mol. The number of carbonyl (C=O) groups is 1. The third-order valence-corrected chi connectivity index (χ3v) is 6.91. The molecule has 0 radical (unpaired) electrons. The van der Waals surface area contributed by atoms with Crippen molar-refractivity contribution < 1.29 is 22.8 Å². The SMILES string of the molecule is C=CC(=O)OC(C)(CC)[Si](OCC)(OCC)OCC.CC=CC. The van der Waals surface area contributed by atoms with Crippen LogP contribution < -0.4 is 0 Å². The van der Waals surface area contributed by atoms with Crippen LogP contribution in [0.4, 0.5) is 0 Å². The summed E-state index contributed by atoms with van der Waals surface area (Å²) in [5.41, 5.74) is 0. The Morgan fingerprint density at radius 2 is 1.39 bits per heavy atom. The Hall–Kier alpha value is -0.953. The maximum Gasteiger partial charge on any atom is 0.547 e. The summed E-state index contributed by atoms with van der Waals surface area (Å²) in [5.74, 6) is -0.500. The van der Waals surface area contributed by atoms with E-state index in [0.717, 1.165) is 6.08 Å². The molecule has 0 spiro atoms. The number of hydrogen-bond acceptors (Lipinski definition) is 5. The van der Waals surface area contributed by atoms with Crippen LogP contribution >= 0.6 is 0 Å². The van der Waals surface area contributed by atoms with Crippen molar-refractivity contribution in [2.45, 2.75) is 60.1 Å². The maximum atomic E-state index is 11.6. The maximum absolute atomic E-state index is 11.6. The predicted molar refractivity (Wildman–Crippen MR) is 96.1 cm³/mol. The van der Waals surface area contributed by atoms with Crippen molar-refractivity contribution in [3.8, 4) is 0 Å². The number of allylic oxidation sites excluding steroid dienone is 2. The van der Waals surface area contributed by atoms with Crippen molar-refractivity contribution in [2.75, 3.05) is 19.8 Å². The molecule has 0 aromatic rings. The zero-order chi connectivity index (χ0) is 18.4. The monoisotopic (exact) mass is 346 g/mol. The van der Waals surface area contributed by atoms with Crippen molar-refractivity contribution in [3.63, 3.8) is 0 Å². The Morgan fingerprint density at radius 1 is 1.00 bits per heavy atom. The summed E-state index contributed by atoms with van der Waals surface area (Å²) < 4.78 is 22.9. The molecule has 0 aromatic carbocycles. The minimum absolute atomic E-state index is 0.438. The summed E-state index contributed by atoms with van der Waals surface area (Å²) in [6.45, 7) is 18.0. The second-order valence-electron chi connectivity index (χ2n) is 4.73. The van der Waals surface area contributed by atoms with Gasteiger partial charge in [0.2, 0.25) is 0 Å². The van der Waals surface area contributed by atoms with Gasteiger partial charge in [0.25, 0.3) is 0 Å². The van der Waals surface area contributed by atoms with E-state index in [4.69, 9.17) is 18.0 Å². The quantitative estimate of drug-likeness (QED) is 0.258. The van der Waals surface area contributed by atoms with E-state index in [0.29, 0.717) is 26.2 Å². The fraction of sp³-hybridized carbons (Fsp3) is 0.706. The average Bonchev–Trinajstić information content (AvgIpc) is 2.55. The Kier molecular flexibility index (Phi) is 14.2. The highest BCUT2D eigenvalue weighted by atomic mass is 28.4. The largest absolute Gasteiger partial charge is 0.547 e. The standard InChI is InChI=1S/C13H26O5Si.C4H8/c1-7-12(14)18-13(6,8-2)19(15-9-3,16-10-4)17-11-5;1-3-4-2/h7H,1,8-11H2,2-6H3;3-4H,1-2H3. The summed E-state index contributed by atoms with van der Waals surface area (Å²) in [6.07, 6.45) is 5.68. The molecule has 0 N–H and O–H groups in total. The molecule has 5 nitrogen and oxygen atoms in total. The first-order chi connectivity index (χ1) is 10.9. The van der Waals surface area contributed by atoms with E-state index in [2.05, 4.69) is 6.58 Å². The second-order valence-corrected chi connectivity index (χ2v) is 7.77. The van der Waals surface area contributed by atoms with Gasteiger partial charge in [-0.25, -0.2) is 4.79 Å². The van der Waals surface area contributed by atoms with Crippen molar-refractivity contribution in [1.82, 2.24) is 0 Å². The lowest BCUT2D eigenvalue weighted by molar-refractivity contribution is -0.152. The summed E-state index contributed by atoms with van der Waals surface area (Å²) in [5, 5.41) is -0.916. The molecule has 0 aliphatic heterocycles. The molecule has 1 unspecified atom stereocenters. The molecule has 6 heteroatoms. The van der Waals surface area contributed by atoms with Gasteiger partial charge in [-0.05, 0) is 48.0 Å². The molecule has 0 saturated heterocycles. The molecule has 0 rings (SSSR count). The van der Waals surface area contributed by atoms with Gasteiger partial charge in [-0.2, -0.15) is 0 Å². The van der Waals surface area contributed by atoms with Gasteiger partial charge in [-0.3, -0.25) is 0 Å². The van der Waals surface area contributed by atoms with Gasteiger partial charge in [0.15, 0.2) is 5.22 Å². The molecule has 1 atom stereocenters. The van der Waals surface area contributed by atoms with Gasteiger partial charge in [0.05, 0.1) is 0 Å². The summed E-state index contributed by atoms with van der Waals surface area (Å²) in [4.78, 5) is 11.6. The van der Waals surface area contributed by atoms with Crippen LogP contribution in [0.15, 0.2) is 24.8 Å². The average molecular weight is 347 g/mol. The lowest BCUT2D eigenvalue weighted by Crippen LogP contribution is -2.65. The lowest BCUT2D eigenvalue weighted by atomic mass is 10.3. The molecule has 0 fully saturated rings. The Balaban J connectivity index is 0. The fourth-order valence-corrected chi connectivity index (χ4v) is 4.73. The normalized spacial score (nSPS) is 13.9. The highest BCUT2D eigenvalue weighted by Gasteiger charge is 2.60. The first kappa shape index (κ1) is 24.3. The van der Waals surface area contributed by atoms with Crippen LogP contribution in [0.25, 0.3) is 0 Å². The van der Waals surface area contributed by atoms with Gasteiger partial charge in [-0.1, -0.05) is 25.7 Å². The fourth-order valence-electron chi connectivity index (χ4n) is 1.77. The van der Waals surface area contributed by atoms with Gasteiger partial charge in [-0.15, -0.1) is 0 Å². The van der Waals surface area contributed by atoms with Crippen LogP contribution in [0.5, 0.6) is 0 Å². The highest BCUT2D eigenvalue weighted by molar-refractivity contribution is 6.64. The Bertz CT molecular complexity index is 336. The topological polar surface area (TPSA) is 54.0 Å². The minimum Gasteiger partial charge on any atom is -0.452 e. The number of hydrogen-bond donors (Lipinski definition) is 0. The lowest BCUT2D eigenvalue weighted by Gasteiger charge is -2.41. The zero-order valence-corrected chi connectivity index (χ0v) is 16.8. The van der Waals surface area contributed by atoms with Crippen LogP contribution in [-0.2, 0) is 22.8 Å². The van der Waals surface area contributed by atoms with Crippen LogP contribution in [-0.4, -0.2) is 39.8 Å². The van der Waals surface area contributed by atoms with Gasteiger partial charge in [0, 0.05) is 25.9 Å². The predicted octanol–water partition coefficient (Wildman–Crippen LogP) is 4.05. The smallest absolute Gasteiger partial charge is 0.452 e. The molecule has 0 aromatic heterocycles. The first-order valence-electron chi connectivity index (χ1n) is 8.21. The zero-order valence-electron chi connectivity index (χ0n) is 15.8. The molecular formula is C17H34O5Si. The van der Waals surface area contributed by atoms with Gasteiger partial charge >= 0.3 is 14.8 Å². The van der Waals surface area contributed by atoms with Crippen molar-refractivity contribution in [3.05, 3.63) is 24.8 Å². The van der Waals surface area contributed by atoms with E-state index >= 15 is 0 Å². The van der Waals surface area contributed by atoms with Crippen molar-refractivity contribution in [2.24, 2.45) is 0 Å². The third kappa shape index (κ3) is 7.92. The second kappa shape index (κ2) is 13.5. The molecule has 0 aliphatic carbocycles. The molecule has 23 heavy (non-hydrogen) atoms. The van der Waals surface area contributed by atoms with Crippen molar-refractivity contribution >= 4 is 14.8 Å². The van der Waals surface area contributed by atoms with Crippen LogP contribution in [0.3, 0.4) is 0 Å². The van der Waals surface area contributed by atoms with Gasteiger partial charge < -0.3 is 18.0 Å². The van der Waals surface area contributed by atoms with E-state index < -0.39 is 20.0 Å². The van der Waals surface area contributed by atoms with E-state index in [1.165, 1.54) is 0 Å². The number of esters is 1. The summed E-state index contributed by atoms with van der Waals surface area (Å²) in [7, 11) is -3.12. The van der Waals surface area contributed by atoms with E-state index in [9.17, 15) is 4.79 Å². The summed E-state index contributed by atoms with van der Waals surface area (Å²) >= 11 is 0. The Labute approximate surface area is 143 Å². The molecule has 0 aliphatic rings. The molecule has 0 heterocycles. The molecule has 0 amide bonds. The first-order valence-corrected chi connectivity index (χ1v) is 9.93. The van der Waals surface area contributed by atoms with Crippen LogP contribution in [0, 0.1) is 0 Å². The number of ether oxygens (including phenoxy) is 1. The van der Waals surface area contributed by atoms with Gasteiger partial charge in [0.1, 0.15) is 0 Å². The van der Waals surface area contributed by atoms with Crippen LogP contribution in [0.1, 0.15) is 54.9 Å². The third-order valence-electron chi connectivity index (χ3n) is 3.15. The molecule has 0 bridgehead atoms. The Morgan fingerprint density at radius 3 is 1.61 bits per heavy atom.